The Kier molecular flexibility index (Phi) is 13.1. The number of benzene rings is 8. The summed E-state index contributed by atoms with van der Waals surface area (Å²) in [5, 5.41) is 10.6. The molecular weight excluding hydrogens is 846 g/mol. The predicted molar refractivity (Wildman–Crippen MR) is 290 cm³/mol. The van der Waals surface area contributed by atoms with Crippen molar-refractivity contribution in [1.82, 2.24) is 9.80 Å². The molecule has 2 saturated heterocycles. The van der Waals surface area contributed by atoms with Crippen molar-refractivity contribution in [2.45, 2.75) is 136 Å². The summed E-state index contributed by atoms with van der Waals surface area (Å²) in [7, 11) is -0.820. The monoisotopic (exact) mass is 917 g/mol. The molecule has 0 saturated carbocycles. The Morgan fingerprint density at radius 1 is 0.406 bits per heavy atom. The lowest BCUT2D eigenvalue weighted by Crippen LogP contribution is -2.41. The summed E-state index contributed by atoms with van der Waals surface area (Å²) in [6, 6.07) is 53.9. The lowest BCUT2D eigenvalue weighted by Gasteiger charge is -2.32. The second-order valence-corrected chi connectivity index (χ2v) is 22.0. The SMILES string of the molecule is C[C@H](c1cccc2ccccc12)N(CCCCCCN(Cc1ccccc1B1OC(C)(C)C(C)(C)O1)Cc1ccc2ccc3cccc4ccc1c2c34)Cc1ccccc1B1OC(C)(C)C(C)(C)O1. The van der Waals surface area contributed by atoms with Crippen molar-refractivity contribution < 1.29 is 18.6 Å². The molecule has 2 heterocycles. The maximum Gasteiger partial charge on any atom is 0.495 e. The minimum Gasteiger partial charge on any atom is -0.399 e. The number of hydrogen-bond acceptors (Lipinski definition) is 6. The number of rotatable bonds is 17. The first-order valence-corrected chi connectivity index (χ1v) is 25.6. The second-order valence-electron chi connectivity index (χ2n) is 22.0. The van der Waals surface area contributed by atoms with Crippen molar-refractivity contribution in [1.29, 1.82) is 0 Å². The van der Waals surface area contributed by atoms with Gasteiger partial charge in [-0.05, 0) is 165 Å². The summed E-state index contributed by atoms with van der Waals surface area (Å²) in [4.78, 5) is 5.34. The number of fused-ring (bicyclic) bond motifs is 1. The Balaban J connectivity index is 0.885. The largest absolute Gasteiger partial charge is 0.495 e. The van der Waals surface area contributed by atoms with Gasteiger partial charge in [-0.1, -0.05) is 158 Å². The molecule has 0 unspecified atom stereocenters. The van der Waals surface area contributed by atoms with Gasteiger partial charge in [-0.2, -0.15) is 0 Å². The highest BCUT2D eigenvalue weighted by Gasteiger charge is 2.53. The minimum atomic E-state index is -0.412. The van der Waals surface area contributed by atoms with Gasteiger partial charge in [0.2, 0.25) is 0 Å². The maximum absolute atomic E-state index is 6.65. The van der Waals surface area contributed by atoms with Gasteiger partial charge in [0, 0.05) is 25.7 Å². The molecule has 354 valence electrons. The summed E-state index contributed by atoms with van der Waals surface area (Å²) >= 11 is 0. The Bertz CT molecular complexity index is 3040. The Labute approximate surface area is 411 Å². The first kappa shape index (κ1) is 47.6. The average molecular weight is 917 g/mol. The molecule has 0 amide bonds. The van der Waals surface area contributed by atoms with Gasteiger partial charge in [-0.25, -0.2) is 0 Å². The molecule has 2 fully saturated rings. The molecule has 0 spiro atoms. The summed E-state index contributed by atoms with van der Waals surface area (Å²) in [6.45, 7) is 23.9. The third-order valence-electron chi connectivity index (χ3n) is 16.4. The van der Waals surface area contributed by atoms with Crippen molar-refractivity contribution in [3.05, 3.63) is 168 Å². The van der Waals surface area contributed by atoms with Gasteiger partial charge in [0.15, 0.2) is 0 Å². The van der Waals surface area contributed by atoms with Gasteiger partial charge >= 0.3 is 14.2 Å². The fraction of sp³-hybridized carbons (Fsp3) is 0.377. The molecule has 0 aromatic heterocycles. The summed E-state index contributed by atoms with van der Waals surface area (Å²) in [5.41, 5.74) is 5.85. The second kappa shape index (κ2) is 18.9. The molecule has 0 radical (unpaired) electrons. The maximum atomic E-state index is 6.65. The molecule has 8 heteroatoms. The van der Waals surface area contributed by atoms with Crippen LogP contribution in [-0.2, 0) is 38.3 Å². The van der Waals surface area contributed by atoms with Crippen LogP contribution in [0.3, 0.4) is 0 Å². The number of nitrogens with zero attached hydrogens (tertiary/aromatic N) is 2. The van der Waals surface area contributed by atoms with Gasteiger partial charge in [-0.15, -0.1) is 0 Å². The highest BCUT2D eigenvalue weighted by molar-refractivity contribution is 6.63. The van der Waals surface area contributed by atoms with Gasteiger partial charge in [0.1, 0.15) is 0 Å². The Hall–Kier alpha value is -5.05. The third kappa shape index (κ3) is 9.37. The van der Waals surface area contributed by atoms with Crippen LogP contribution in [0.2, 0.25) is 0 Å². The van der Waals surface area contributed by atoms with Crippen molar-refractivity contribution in [3.8, 4) is 0 Å². The molecule has 8 aromatic carbocycles. The highest BCUT2D eigenvalue weighted by atomic mass is 16.7. The zero-order chi connectivity index (χ0) is 48.1. The van der Waals surface area contributed by atoms with Crippen LogP contribution in [0.4, 0.5) is 0 Å². The highest BCUT2D eigenvalue weighted by Crippen LogP contribution is 2.40. The van der Waals surface area contributed by atoms with Crippen LogP contribution in [0, 0.1) is 0 Å². The molecule has 0 N–H and O–H groups in total. The molecule has 10 rings (SSSR count). The van der Waals surface area contributed by atoms with Crippen molar-refractivity contribution in [2.24, 2.45) is 0 Å². The van der Waals surface area contributed by atoms with Crippen LogP contribution >= 0.6 is 0 Å². The van der Waals surface area contributed by atoms with E-state index in [-0.39, 0.29) is 6.04 Å². The van der Waals surface area contributed by atoms with Crippen LogP contribution in [0.25, 0.3) is 43.1 Å². The standard InChI is InChI=1S/C61H70B2N2O4/c1-43(51-29-21-25-44-22-12-15-28-52(44)51)65(42-50-24-14-17-31-55(50)63-68-60(6,7)61(8,9)69-63)39-19-11-10-18-38-64(41-49-23-13-16-30-54(49)62-66-58(2,3)59(4,5)67-62)40-48-35-34-47-33-32-45-26-20-27-46-36-37-53(48)57(47)56(45)46/h12-17,20-37,43H,10-11,18-19,38-42H2,1-9H3/t43-/m1/s1. The number of hydrogen-bond donors (Lipinski definition) is 0. The van der Waals surface area contributed by atoms with E-state index in [0.717, 1.165) is 69.3 Å². The number of unbranched alkanes of at least 4 members (excludes halogenated alkanes) is 3. The van der Waals surface area contributed by atoms with Crippen LogP contribution in [-0.4, -0.2) is 59.5 Å². The van der Waals surface area contributed by atoms with Crippen LogP contribution in [0.15, 0.2) is 146 Å². The van der Waals surface area contributed by atoms with E-state index in [4.69, 9.17) is 18.6 Å². The normalized spacial score (nSPS) is 18.0. The molecule has 0 bridgehead atoms. The average Bonchev–Trinajstić information content (AvgIpc) is 3.70. The molecule has 6 nitrogen and oxygen atoms in total. The summed E-state index contributed by atoms with van der Waals surface area (Å²) in [5.74, 6) is 0. The lowest BCUT2D eigenvalue weighted by molar-refractivity contribution is 0.00578. The van der Waals surface area contributed by atoms with Gasteiger partial charge < -0.3 is 18.6 Å². The van der Waals surface area contributed by atoms with E-state index in [1.54, 1.807) is 0 Å². The minimum absolute atomic E-state index is 0.201. The molecule has 0 aliphatic carbocycles. The molecule has 2 aliphatic rings. The summed E-state index contributed by atoms with van der Waals surface area (Å²) in [6.07, 6.45) is 4.51. The quantitative estimate of drug-likeness (QED) is 0.0515. The zero-order valence-corrected chi connectivity index (χ0v) is 42.5. The summed E-state index contributed by atoms with van der Waals surface area (Å²) < 4.78 is 26.6. The molecule has 69 heavy (non-hydrogen) atoms. The van der Waals surface area contributed by atoms with E-state index in [0.29, 0.717) is 0 Å². The molecule has 1 atom stereocenters. The van der Waals surface area contributed by atoms with E-state index in [1.807, 2.05) is 0 Å². The topological polar surface area (TPSA) is 43.4 Å². The van der Waals surface area contributed by atoms with Crippen LogP contribution in [0.1, 0.15) is 116 Å². The van der Waals surface area contributed by atoms with Crippen molar-refractivity contribution >= 4 is 68.3 Å². The van der Waals surface area contributed by atoms with Crippen LogP contribution < -0.4 is 10.9 Å². The van der Waals surface area contributed by atoms with E-state index in [2.05, 4.69) is 218 Å². The predicted octanol–water partition coefficient (Wildman–Crippen LogP) is 13.2. The van der Waals surface area contributed by atoms with E-state index in [9.17, 15) is 0 Å². The van der Waals surface area contributed by atoms with E-state index in [1.165, 1.54) is 65.3 Å². The fourth-order valence-corrected chi connectivity index (χ4v) is 10.8. The van der Waals surface area contributed by atoms with E-state index < -0.39 is 36.6 Å². The smallest absolute Gasteiger partial charge is 0.399 e. The van der Waals surface area contributed by atoms with Crippen LogP contribution in [0.5, 0.6) is 0 Å². The van der Waals surface area contributed by atoms with E-state index >= 15 is 0 Å². The van der Waals surface area contributed by atoms with Gasteiger partial charge in [0.05, 0.1) is 22.4 Å². The van der Waals surface area contributed by atoms with Gasteiger partial charge in [0.25, 0.3) is 0 Å². The van der Waals surface area contributed by atoms with Crippen molar-refractivity contribution in [3.63, 3.8) is 0 Å². The Morgan fingerprint density at radius 2 is 0.870 bits per heavy atom. The third-order valence-corrected chi connectivity index (χ3v) is 16.4. The van der Waals surface area contributed by atoms with Crippen molar-refractivity contribution in [2.75, 3.05) is 13.1 Å². The lowest BCUT2D eigenvalue weighted by atomic mass is 9.75. The Morgan fingerprint density at radius 3 is 1.51 bits per heavy atom. The molecular formula is C61H70B2N2O4. The first-order valence-electron chi connectivity index (χ1n) is 25.6. The molecule has 8 aromatic rings. The zero-order valence-electron chi connectivity index (χ0n) is 42.5. The van der Waals surface area contributed by atoms with Gasteiger partial charge in [-0.3, -0.25) is 9.80 Å². The first-order chi connectivity index (χ1) is 33.1. The molecule has 2 aliphatic heterocycles. The fourth-order valence-electron chi connectivity index (χ4n) is 10.8.